The lowest BCUT2D eigenvalue weighted by atomic mass is 9.57. The summed E-state index contributed by atoms with van der Waals surface area (Å²) in [5, 5.41) is 17.9. The first-order valence-electron chi connectivity index (χ1n) is 12.9. The number of para-hydroxylation sites is 1. The van der Waals surface area contributed by atoms with Gasteiger partial charge in [0.25, 0.3) is 0 Å². The highest BCUT2D eigenvalue weighted by molar-refractivity contribution is 5.75. The summed E-state index contributed by atoms with van der Waals surface area (Å²) in [6.07, 6.45) is 8.33. The first-order chi connectivity index (χ1) is 16.7. The maximum atomic E-state index is 12.9. The number of ether oxygens (including phenoxy) is 1. The van der Waals surface area contributed by atoms with Gasteiger partial charge in [-0.3, -0.25) is 9.78 Å². The van der Waals surface area contributed by atoms with E-state index in [2.05, 4.69) is 35.5 Å². The van der Waals surface area contributed by atoms with Crippen molar-refractivity contribution in [2.75, 3.05) is 7.11 Å². The highest BCUT2D eigenvalue weighted by Gasteiger charge is 2.61. The Bertz CT molecular complexity index is 1010. The van der Waals surface area contributed by atoms with Gasteiger partial charge >= 0.3 is 0 Å². The van der Waals surface area contributed by atoms with Gasteiger partial charge in [0.1, 0.15) is 5.75 Å². The van der Waals surface area contributed by atoms with Crippen LogP contribution < -0.4 is 15.4 Å². The van der Waals surface area contributed by atoms with E-state index in [4.69, 9.17) is 4.74 Å². The van der Waals surface area contributed by atoms with Crippen molar-refractivity contribution in [1.82, 2.24) is 15.6 Å². The van der Waals surface area contributed by atoms with E-state index in [1.807, 2.05) is 37.3 Å². The van der Waals surface area contributed by atoms with Crippen molar-refractivity contribution < 1.29 is 14.6 Å². The molecule has 0 saturated heterocycles. The Morgan fingerprint density at radius 3 is 2.66 bits per heavy atom. The molecule has 1 aromatic carbocycles. The summed E-state index contributed by atoms with van der Waals surface area (Å²) in [6.45, 7) is 7.87. The Morgan fingerprint density at radius 1 is 1.11 bits per heavy atom. The number of carbonyl (C=O) groups excluding carboxylic acids is 1. The Balaban J connectivity index is 1.50. The molecule has 2 aliphatic rings. The zero-order chi connectivity index (χ0) is 25.1. The van der Waals surface area contributed by atoms with E-state index < -0.39 is 5.60 Å². The maximum absolute atomic E-state index is 12.9. The second kappa shape index (κ2) is 10.3. The molecule has 2 fully saturated rings. The number of methoxy groups -OCH3 is 1. The summed E-state index contributed by atoms with van der Waals surface area (Å²) in [4.78, 5) is 17.0. The Labute approximate surface area is 209 Å². The number of aromatic nitrogens is 1. The van der Waals surface area contributed by atoms with Crippen molar-refractivity contribution >= 4 is 5.91 Å². The smallest absolute Gasteiger partial charge is 0.220 e. The van der Waals surface area contributed by atoms with Crippen molar-refractivity contribution in [3.8, 4) is 5.75 Å². The fourth-order valence-corrected chi connectivity index (χ4v) is 6.73. The molecule has 35 heavy (non-hydrogen) atoms. The van der Waals surface area contributed by atoms with Gasteiger partial charge < -0.3 is 20.5 Å². The van der Waals surface area contributed by atoms with Crippen LogP contribution >= 0.6 is 0 Å². The summed E-state index contributed by atoms with van der Waals surface area (Å²) in [6, 6.07) is 12.3. The van der Waals surface area contributed by atoms with Crippen LogP contribution in [0.4, 0.5) is 0 Å². The molecule has 2 aromatic rings. The van der Waals surface area contributed by atoms with Crippen molar-refractivity contribution in [3.05, 3.63) is 59.9 Å². The fourth-order valence-electron chi connectivity index (χ4n) is 6.73. The van der Waals surface area contributed by atoms with Gasteiger partial charge in [-0.15, -0.1) is 0 Å². The lowest BCUT2D eigenvalue weighted by Gasteiger charge is -2.51. The number of fused-ring (bicyclic) bond motifs is 1. The van der Waals surface area contributed by atoms with E-state index in [-0.39, 0.29) is 22.8 Å². The number of hydrogen-bond acceptors (Lipinski definition) is 5. The SMILES string of the molecule is COc1ccccc1CN[C@H]1CC(C)(C)[C@@H]2C[C@@](C)(O)CC[C@]12CCC(=O)NCc1cccnc1. The van der Waals surface area contributed by atoms with E-state index in [0.717, 1.165) is 55.5 Å². The molecule has 0 bridgehead atoms. The van der Waals surface area contributed by atoms with Gasteiger partial charge in [0.2, 0.25) is 5.91 Å². The van der Waals surface area contributed by atoms with Crippen molar-refractivity contribution in [3.63, 3.8) is 0 Å². The third kappa shape index (κ3) is 5.70. The molecule has 190 valence electrons. The molecule has 0 unspecified atom stereocenters. The van der Waals surface area contributed by atoms with Crippen LogP contribution in [0.5, 0.6) is 5.75 Å². The summed E-state index contributed by atoms with van der Waals surface area (Å²) < 4.78 is 5.57. The van der Waals surface area contributed by atoms with Crippen LogP contribution in [0, 0.1) is 16.7 Å². The third-order valence-electron chi connectivity index (χ3n) is 8.60. The van der Waals surface area contributed by atoms with Crippen molar-refractivity contribution in [2.45, 2.75) is 84.0 Å². The minimum absolute atomic E-state index is 0.0284. The van der Waals surface area contributed by atoms with Crippen LogP contribution in [0.15, 0.2) is 48.8 Å². The number of nitrogens with zero attached hydrogens (tertiary/aromatic N) is 1. The van der Waals surface area contributed by atoms with Crippen LogP contribution in [0.1, 0.15) is 70.4 Å². The van der Waals surface area contributed by atoms with Crippen LogP contribution in [0.25, 0.3) is 0 Å². The molecule has 0 spiro atoms. The molecule has 2 saturated carbocycles. The van der Waals surface area contributed by atoms with Gasteiger partial charge in [0.05, 0.1) is 12.7 Å². The highest BCUT2D eigenvalue weighted by Crippen LogP contribution is 2.63. The van der Waals surface area contributed by atoms with Crippen LogP contribution in [-0.4, -0.2) is 34.8 Å². The van der Waals surface area contributed by atoms with Gasteiger partial charge in [-0.1, -0.05) is 38.1 Å². The average molecular weight is 480 g/mol. The van der Waals surface area contributed by atoms with Crippen molar-refractivity contribution in [2.24, 2.45) is 16.7 Å². The first kappa shape index (κ1) is 25.6. The van der Waals surface area contributed by atoms with E-state index >= 15 is 0 Å². The molecule has 1 aromatic heterocycles. The number of rotatable bonds is 9. The summed E-state index contributed by atoms with van der Waals surface area (Å²) >= 11 is 0. The Kier molecular flexibility index (Phi) is 7.53. The predicted molar refractivity (Wildman–Crippen MR) is 138 cm³/mol. The molecule has 1 amide bonds. The number of aliphatic hydroxyl groups is 1. The molecule has 0 radical (unpaired) electrons. The molecule has 1 heterocycles. The molecule has 2 aliphatic carbocycles. The topological polar surface area (TPSA) is 83.5 Å². The van der Waals surface area contributed by atoms with Crippen LogP contribution in [0.3, 0.4) is 0 Å². The van der Waals surface area contributed by atoms with E-state index in [9.17, 15) is 9.90 Å². The van der Waals surface area contributed by atoms with E-state index in [1.165, 1.54) is 0 Å². The number of amides is 1. The Morgan fingerprint density at radius 2 is 1.91 bits per heavy atom. The van der Waals surface area contributed by atoms with Gasteiger partial charge in [-0.2, -0.15) is 0 Å². The number of nitrogens with one attached hydrogen (secondary N) is 2. The van der Waals surface area contributed by atoms with E-state index in [1.54, 1.807) is 19.5 Å². The average Bonchev–Trinajstić information content (AvgIpc) is 3.06. The number of pyridine rings is 1. The molecular weight excluding hydrogens is 438 g/mol. The van der Waals surface area contributed by atoms with Crippen LogP contribution in [0.2, 0.25) is 0 Å². The molecule has 6 heteroatoms. The second-order valence-electron chi connectivity index (χ2n) is 11.6. The molecule has 3 N–H and O–H groups in total. The van der Waals surface area contributed by atoms with Crippen LogP contribution in [-0.2, 0) is 17.9 Å². The monoisotopic (exact) mass is 479 g/mol. The maximum Gasteiger partial charge on any atom is 0.220 e. The van der Waals surface area contributed by atoms with E-state index in [0.29, 0.717) is 18.9 Å². The number of carbonyl (C=O) groups is 1. The quantitative estimate of drug-likeness (QED) is 0.489. The first-order valence-corrected chi connectivity index (χ1v) is 12.9. The minimum Gasteiger partial charge on any atom is -0.496 e. The lowest BCUT2D eigenvalue weighted by Crippen LogP contribution is -2.51. The molecule has 0 aliphatic heterocycles. The normalized spacial score (nSPS) is 29.4. The predicted octanol–water partition coefficient (Wildman–Crippen LogP) is 4.61. The van der Waals surface area contributed by atoms with Gasteiger partial charge in [-0.25, -0.2) is 0 Å². The fraction of sp³-hybridized carbons (Fsp3) is 0.586. The zero-order valence-electron chi connectivity index (χ0n) is 21.6. The molecular formula is C29H41N3O3. The molecule has 6 nitrogen and oxygen atoms in total. The zero-order valence-corrected chi connectivity index (χ0v) is 21.6. The minimum atomic E-state index is -0.647. The summed E-state index contributed by atoms with van der Waals surface area (Å²) in [7, 11) is 1.71. The van der Waals surface area contributed by atoms with Crippen molar-refractivity contribution in [1.29, 1.82) is 0 Å². The number of benzene rings is 1. The molecule has 4 atom stereocenters. The standard InChI is InChI=1S/C29H41N3O3/c1-27(2)17-25(31-20-22-9-5-6-10-23(22)35-4)29(14-13-28(3,34)16-24(27)29)12-11-26(33)32-19-21-8-7-15-30-18-21/h5-10,15,18,24-25,31,34H,11-14,16-17,19-20H2,1-4H3,(H,32,33)/t24-,25-,28-,29-/m0/s1. The summed E-state index contributed by atoms with van der Waals surface area (Å²) in [5.74, 6) is 1.32. The third-order valence-corrected chi connectivity index (χ3v) is 8.60. The van der Waals surface area contributed by atoms with Gasteiger partial charge in [-0.05, 0) is 73.5 Å². The molecule has 4 rings (SSSR count). The Hall–Kier alpha value is -2.44. The summed E-state index contributed by atoms with van der Waals surface area (Å²) in [5.41, 5.74) is 1.55. The van der Waals surface area contributed by atoms with Gasteiger partial charge in [0, 0.05) is 43.5 Å². The number of hydrogen-bond donors (Lipinski definition) is 3. The largest absolute Gasteiger partial charge is 0.496 e. The van der Waals surface area contributed by atoms with Gasteiger partial charge in [0.15, 0.2) is 0 Å². The lowest BCUT2D eigenvalue weighted by molar-refractivity contribution is -0.123. The second-order valence-corrected chi connectivity index (χ2v) is 11.6. The highest BCUT2D eigenvalue weighted by atomic mass is 16.5.